The van der Waals surface area contributed by atoms with Gasteiger partial charge >= 0.3 is 11.9 Å². The first-order valence-corrected chi connectivity index (χ1v) is 8.04. The van der Waals surface area contributed by atoms with E-state index in [9.17, 15) is 14.4 Å². The number of carbonyl (C=O) groups is 3. The van der Waals surface area contributed by atoms with Crippen LogP contribution in [0, 0.1) is 5.92 Å². The smallest absolute Gasteiger partial charge is 0.338 e. The molecule has 8 heteroatoms. The molecule has 2 atom stereocenters. The third-order valence-electron chi connectivity index (χ3n) is 3.42. The van der Waals surface area contributed by atoms with Gasteiger partial charge in [0.05, 0.1) is 12.7 Å². The minimum Gasteiger partial charge on any atom is -0.467 e. The molecule has 0 saturated carbocycles. The van der Waals surface area contributed by atoms with Crippen molar-refractivity contribution in [2.45, 2.75) is 26.3 Å². The molecular weight excluding hydrogens is 357 g/mol. The zero-order valence-corrected chi connectivity index (χ0v) is 15.1. The van der Waals surface area contributed by atoms with Gasteiger partial charge in [0.2, 0.25) is 0 Å². The van der Waals surface area contributed by atoms with Gasteiger partial charge in [-0.05, 0) is 24.1 Å². The molecule has 1 N–H and O–H groups in total. The number of ether oxygens (including phenoxy) is 2. The Kier molecular flexibility index (Phi) is 8.01. The SMILES string of the molecule is CC[C@@H](C)[C@@H](NC(=O)COC(=O)c1cc(Cl)cc(Cl)c1)C(=O)OC. The quantitative estimate of drug-likeness (QED) is 0.740. The second kappa shape index (κ2) is 9.49. The highest BCUT2D eigenvalue weighted by Crippen LogP contribution is 2.19. The van der Waals surface area contributed by atoms with Crippen LogP contribution in [0.4, 0.5) is 0 Å². The van der Waals surface area contributed by atoms with E-state index >= 15 is 0 Å². The van der Waals surface area contributed by atoms with Crippen molar-refractivity contribution in [3.05, 3.63) is 33.8 Å². The number of nitrogens with one attached hydrogen (secondary N) is 1. The van der Waals surface area contributed by atoms with Crippen molar-refractivity contribution in [3.8, 4) is 0 Å². The van der Waals surface area contributed by atoms with E-state index in [0.29, 0.717) is 6.42 Å². The Morgan fingerprint density at radius 2 is 1.75 bits per heavy atom. The fourth-order valence-corrected chi connectivity index (χ4v) is 2.42. The Balaban J connectivity index is 2.64. The van der Waals surface area contributed by atoms with Gasteiger partial charge < -0.3 is 14.8 Å². The highest BCUT2D eigenvalue weighted by atomic mass is 35.5. The molecule has 0 aliphatic heterocycles. The number of hydrogen-bond donors (Lipinski definition) is 1. The van der Waals surface area contributed by atoms with Crippen LogP contribution in [0.25, 0.3) is 0 Å². The monoisotopic (exact) mass is 375 g/mol. The molecular formula is C16H19Cl2NO5. The van der Waals surface area contributed by atoms with Crippen LogP contribution >= 0.6 is 23.2 Å². The molecule has 6 nitrogen and oxygen atoms in total. The molecule has 0 aromatic heterocycles. The molecule has 0 unspecified atom stereocenters. The normalized spacial score (nSPS) is 12.9. The Morgan fingerprint density at radius 3 is 2.25 bits per heavy atom. The molecule has 132 valence electrons. The van der Waals surface area contributed by atoms with Crippen LogP contribution in [0.15, 0.2) is 18.2 Å². The van der Waals surface area contributed by atoms with Crippen molar-refractivity contribution in [1.29, 1.82) is 0 Å². The summed E-state index contributed by atoms with van der Waals surface area (Å²) >= 11 is 11.6. The number of carbonyl (C=O) groups excluding carboxylic acids is 3. The summed E-state index contributed by atoms with van der Waals surface area (Å²) in [6.45, 7) is 3.16. The van der Waals surface area contributed by atoms with Crippen LogP contribution in [0.5, 0.6) is 0 Å². The van der Waals surface area contributed by atoms with Gasteiger partial charge in [-0.2, -0.15) is 0 Å². The zero-order chi connectivity index (χ0) is 18.3. The lowest BCUT2D eigenvalue weighted by molar-refractivity contribution is -0.147. The van der Waals surface area contributed by atoms with Crippen molar-refractivity contribution in [2.24, 2.45) is 5.92 Å². The molecule has 24 heavy (non-hydrogen) atoms. The van der Waals surface area contributed by atoms with Crippen LogP contribution in [0.3, 0.4) is 0 Å². The Morgan fingerprint density at radius 1 is 1.17 bits per heavy atom. The van der Waals surface area contributed by atoms with E-state index in [4.69, 9.17) is 27.9 Å². The summed E-state index contributed by atoms with van der Waals surface area (Å²) in [7, 11) is 1.24. The Labute approximate surface area is 150 Å². The average Bonchev–Trinajstić information content (AvgIpc) is 2.55. The van der Waals surface area contributed by atoms with Crippen LogP contribution in [0.1, 0.15) is 30.6 Å². The van der Waals surface area contributed by atoms with E-state index in [1.54, 1.807) is 0 Å². The highest BCUT2D eigenvalue weighted by molar-refractivity contribution is 6.35. The van der Waals surface area contributed by atoms with E-state index in [2.05, 4.69) is 10.1 Å². The number of halogens is 2. The Hall–Kier alpha value is -1.79. The minimum atomic E-state index is -0.799. The molecule has 1 amide bonds. The molecule has 0 aliphatic carbocycles. The van der Waals surface area contributed by atoms with Crippen molar-refractivity contribution in [2.75, 3.05) is 13.7 Å². The lowest BCUT2D eigenvalue weighted by Gasteiger charge is -2.21. The molecule has 0 aliphatic rings. The van der Waals surface area contributed by atoms with Gasteiger partial charge in [-0.25, -0.2) is 9.59 Å². The van der Waals surface area contributed by atoms with Crippen molar-refractivity contribution in [1.82, 2.24) is 5.32 Å². The van der Waals surface area contributed by atoms with Crippen molar-refractivity contribution >= 4 is 41.0 Å². The summed E-state index contributed by atoms with van der Waals surface area (Å²) in [5.74, 6) is -2.02. The number of amides is 1. The average molecular weight is 376 g/mol. The number of rotatable bonds is 7. The molecule has 0 radical (unpaired) electrons. The molecule has 1 aromatic carbocycles. The molecule has 0 bridgehead atoms. The maximum atomic E-state index is 11.9. The van der Waals surface area contributed by atoms with Gasteiger partial charge in [-0.3, -0.25) is 4.79 Å². The van der Waals surface area contributed by atoms with Gasteiger partial charge in [0.15, 0.2) is 6.61 Å². The van der Waals surface area contributed by atoms with Gasteiger partial charge in [0.25, 0.3) is 5.91 Å². The van der Waals surface area contributed by atoms with Crippen LogP contribution < -0.4 is 5.32 Å². The first-order valence-electron chi connectivity index (χ1n) is 7.28. The van der Waals surface area contributed by atoms with Crippen LogP contribution in [0.2, 0.25) is 10.0 Å². The maximum absolute atomic E-state index is 11.9. The predicted molar refractivity (Wildman–Crippen MR) is 90.1 cm³/mol. The van der Waals surface area contributed by atoms with Gasteiger partial charge in [-0.1, -0.05) is 43.5 Å². The van der Waals surface area contributed by atoms with Gasteiger partial charge in [0, 0.05) is 10.0 Å². The Bertz CT molecular complexity index is 600. The van der Waals surface area contributed by atoms with Gasteiger partial charge in [-0.15, -0.1) is 0 Å². The zero-order valence-electron chi connectivity index (χ0n) is 13.6. The van der Waals surface area contributed by atoms with Gasteiger partial charge in [0.1, 0.15) is 6.04 Å². The summed E-state index contributed by atoms with van der Waals surface area (Å²) in [5, 5.41) is 3.06. The molecule has 1 rings (SSSR count). The summed E-state index contributed by atoms with van der Waals surface area (Å²) in [5.41, 5.74) is 0.131. The van der Waals surface area contributed by atoms with E-state index in [1.807, 2.05) is 13.8 Å². The first-order chi connectivity index (χ1) is 11.3. The molecule has 0 spiro atoms. The predicted octanol–water partition coefficient (Wildman–Crippen LogP) is 2.85. The lowest BCUT2D eigenvalue weighted by Crippen LogP contribution is -2.47. The fourth-order valence-electron chi connectivity index (χ4n) is 1.90. The number of esters is 2. The van der Waals surface area contributed by atoms with E-state index in [-0.39, 0.29) is 21.5 Å². The summed E-state index contributed by atoms with van der Waals surface area (Å²) in [4.78, 5) is 35.5. The molecule has 0 saturated heterocycles. The standard InChI is InChI=1S/C16H19Cl2NO5/c1-4-9(2)14(16(22)23-3)19-13(20)8-24-15(21)10-5-11(17)7-12(18)6-10/h5-7,9,14H,4,8H2,1-3H3,(H,19,20)/t9-,14-/m1/s1. The van der Waals surface area contributed by atoms with E-state index in [0.717, 1.165) is 0 Å². The maximum Gasteiger partial charge on any atom is 0.338 e. The van der Waals surface area contributed by atoms with Crippen LogP contribution in [-0.4, -0.2) is 37.6 Å². The second-order valence-corrected chi connectivity index (χ2v) is 6.06. The largest absolute Gasteiger partial charge is 0.467 e. The second-order valence-electron chi connectivity index (χ2n) is 5.19. The number of benzene rings is 1. The highest BCUT2D eigenvalue weighted by Gasteiger charge is 2.27. The summed E-state index contributed by atoms with van der Waals surface area (Å²) < 4.78 is 9.57. The van der Waals surface area contributed by atoms with Crippen molar-refractivity contribution in [3.63, 3.8) is 0 Å². The number of hydrogen-bond acceptors (Lipinski definition) is 5. The third-order valence-corrected chi connectivity index (χ3v) is 3.85. The fraction of sp³-hybridized carbons (Fsp3) is 0.438. The molecule has 1 aromatic rings. The minimum absolute atomic E-state index is 0.121. The first kappa shape index (κ1) is 20.3. The van der Waals surface area contributed by atoms with Crippen LogP contribution in [-0.2, 0) is 19.1 Å². The summed E-state index contributed by atoms with van der Waals surface area (Å²) in [6.07, 6.45) is 0.668. The van der Waals surface area contributed by atoms with E-state index < -0.39 is 30.5 Å². The summed E-state index contributed by atoms with van der Waals surface area (Å²) in [6, 6.07) is 3.43. The third kappa shape index (κ3) is 6.02. The molecule has 0 fully saturated rings. The lowest BCUT2D eigenvalue weighted by atomic mass is 9.99. The van der Waals surface area contributed by atoms with E-state index in [1.165, 1.54) is 25.3 Å². The topological polar surface area (TPSA) is 81.7 Å². The number of methoxy groups -OCH3 is 1. The van der Waals surface area contributed by atoms with Crippen molar-refractivity contribution < 1.29 is 23.9 Å². The molecule has 0 heterocycles.